The molecule has 6 fully saturated rings. The number of esters is 1. The second-order valence-electron chi connectivity index (χ2n) is 18.8. The van der Waals surface area contributed by atoms with E-state index >= 15 is 0 Å². The van der Waals surface area contributed by atoms with Crippen LogP contribution in [0.5, 0.6) is 0 Å². The van der Waals surface area contributed by atoms with Gasteiger partial charge in [0.2, 0.25) is 0 Å². The molecule has 21 atom stereocenters. The van der Waals surface area contributed by atoms with Gasteiger partial charge < -0.3 is 78.7 Å². The molecule has 8 N–H and O–H groups in total. The van der Waals surface area contributed by atoms with E-state index in [2.05, 4.69) is 19.9 Å². The van der Waals surface area contributed by atoms with Gasteiger partial charge in [0.25, 0.3) is 0 Å². The van der Waals surface area contributed by atoms with E-state index in [-0.39, 0.29) is 34.7 Å². The second-order valence-corrected chi connectivity index (χ2v) is 18.8. The average Bonchev–Trinajstić information content (AvgIpc) is 3.77. The Kier molecular flexibility index (Phi) is 12.5. The van der Waals surface area contributed by atoms with Crippen LogP contribution < -0.4 is 0 Å². The molecule has 0 aromatic rings. The Morgan fingerprint density at radius 1 is 0.831 bits per heavy atom. The number of methoxy groups -OCH3 is 1. The van der Waals surface area contributed by atoms with Crippen molar-refractivity contribution in [2.45, 2.75) is 176 Å². The van der Waals surface area contributed by atoms with Crippen LogP contribution in [0.4, 0.5) is 0 Å². The van der Waals surface area contributed by atoms with E-state index in [0.717, 1.165) is 56.9 Å². The smallest absolute Gasteiger partial charge is 0.331 e. The van der Waals surface area contributed by atoms with Gasteiger partial charge in [0.05, 0.1) is 37.1 Å². The van der Waals surface area contributed by atoms with E-state index in [9.17, 15) is 45.6 Å². The first kappa shape index (κ1) is 44.0. The lowest BCUT2D eigenvalue weighted by Crippen LogP contribution is -2.63. The van der Waals surface area contributed by atoms with Gasteiger partial charge in [0.15, 0.2) is 18.9 Å². The van der Waals surface area contributed by atoms with Gasteiger partial charge in [-0.25, -0.2) is 4.79 Å². The van der Waals surface area contributed by atoms with Gasteiger partial charge in [-0.05, 0) is 87.0 Å². The number of rotatable bonds is 10. The molecule has 0 spiro atoms. The predicted octanol–water partition coefficient (Wildman–Crippen LogP) is -0.292. The number of carbonyl (C=O) groups excluding carboxylic acids is 1. The van der Waals surface area contributed by atoms with Crippen LogP contribution in [-0.2, 0) is 42.7 Å². The van der Waals surface area contributed by atoms with Crippen LogP contribution in [0.1, 0.15) is 78.6 Å². The standard InChI is InChI=1S/C42H64O17/c1-19-37(59-39-36(50)34(48)32(46)28(58-39)18-54-38-35(49)33(47)31(45)27(16-43)57-38)26(52-4)15-30(55-19)56-22-7-10-40(2)21(14-22)5-6-25-24(40)8-11-41(3)23(9-12-42(25,41)51)20-13-29(44)53-17-20/h5,13,19,22-28,30-39,43,45-51H,6-12,14-18H2,1-4H3. The number of hydrogen-bond acceptors (Lipinski definition) is 17. The van der Waals surface area contributed by atoms with Crippen LogP contribution in [0.15, 0.2) is 23.3 Å². The fourth-order valence-corrected chi connectivity index (χ4v) is 12.3. The highest BCUT2D eigenvalue weighted by Gasteiger charge is 2.67. The summed E-state index contributed by atoms with van der Waals surface area (Å²) in [6.45, 7) is 5.57. The molecule has 17 nitrogen and oxygen atoms in total. The van der Waals surface area contributed by atoms with Gasteiger partial charge in [0, 0.05) is 25.0 Å². The van der Waals surface area contributed by atoms with Crippen molar-refractivity contribution >= 4 is 5.97 Å². The van der Waals surface area contributed by atoms with Crippen molar-refractivity contribution in [3.63, 3.8) is 0 Å². The first-order valence-corrected chi connectivity index (χ1v) is 21.4. The Bertz CT molecular complexity index is 1590. The number of aliphatic hydroxyl groups is 8. The van der Waals surface area contributed by atoms with E-state index in [1.54, 1.807) is 13.0 Å². The SMILES string of the molecule is COC1CC(OC2CCC3(C)C(=CCC4C3CCC3(C)C(C5=CC(=O)OC5)CCC43O)C2)OC(C)C1OC1OC(COC2OC(CO)C(O)C(O)C2O)C(O)C(O)C1O. The van der Waals surface area contributed by atoms with Gasteiger partial charge in [-0.2, -0.15) is 0 Å². The maximum absolute atomic E-state index is 12.6. The number of carbonyl (C=O) groups is 1. The van der Waals surface area contributed by atoms with Gasteiger partial charge in [0.1, 0.15) is 61.5 Å². The summed E-state index contributed by atoms with van der Waals surface area (Å²) in [7, 11) is 1.53. The largest absolute Gasteiger partial charge is 0.458 e. The lowest BCUT2D eigenvalue weighted by atomic mass is 9.45. The fraction of sp³-hybridized carbons (Fsp3) is 0.881. The van der Waals surface area contributed by atoms with Gasteiger partial charge in [-0.3, -0.25) is 0 Å². The molecule has 0 aromatic carbocycles. The summed E-state index contributed by atoms with van der Waals surface area (Å²) < 4.78 is 47.1. The summed E-state index contributed by atoms with van der Waals surface area (Å²) in [4.78, 5) is 11.9. The quantitative estimate of drug-likeness (QED) is 0.104. The van der Waals surface area contributed by atoms with Crippen molar-refractivity contribution in [1.82, 2.24) is 0 Å². The maximum atomic E-state index is 12.6. The molecule has 8 aliphatic rings. The second kappa shape index (κ2) is 16.8. The molecule has 0 amide bonds. The van der Waals surface area contributed by atoms with Crippen molar-refractivity contribution in [1.29, 1.82) is 0 Å². The van der Waals surface area contributed by atoms with Crippen LogP contribution >= 0.6 is 0 Å². The van der Waals surface area contributed by atoms with Crippen molar-refractivity contribution in [2.75, 3.05) is 26.9 Å². The highest BCUT2D eigenvalue weighted by Crippen LogP contribution is 2.69. The number of ether oxygens (including phenoxy) is 8. The fourth-order valence-electron chi connectivity index (χ4n) is 12.3. The Hall–Kier alpha value is -1.65. The maximum Gasteiger partial charge on any atom is 0.331 e. The van der Waals surface area contributed by atoms with Crippen molar-refractivity contribution in [3.05, 3.63) is 23.3 Å². The summed E-state index contributed by atoms with van der Waals surface area (Å²) in [5.41, 5.74) is 1.22. The van der Waals surface area contributed by atoms with Gasteiger partial charge in [-0.1, -0.05) is 25.5 Å². The summed E-state index contributed by atoms with van der Waals surface area (Å²) in [5.74, 6) is 0.342. The summed E-state index contributed by atoms with van der Waals surface area (Å²) in [6.07, 6.45) is -6.94. The molecule has 59 heavy (non-hydrogen) atoms. The number of aliphatic hydroxyl groups excluding tert-OH is 7. The predicted molar refractivity (Wildman–Crippen MR) is 202 cm³/mol. The van der Waals surface area contributed by atoms with E-state index in [1.807, 2.05) is 0 Å². The number of fused-ring (bicyclic) bond motifs is 5. The molecule has 4 heterocycles. The zero-order chi connectivity index (χ0) is 42.2. The van der Waals surface area contributed by atoms with Crippen LogP contribution in [0, 0.1) is 28.6 Å². The van der Waals surface area contributed by atoms with Crippen LogP contribution in [0.2, 0.25) is 0 Å². The molecule has 0 bridgehead atoms. The zero-order valence-electron chi connectivity index (χ0n) is 34.3. The zero-order valence-corrected chi connectivity index (χ0v) is 34.3. The molecule has 0 radical (unpaired) electrons. The monoisotopic (exact) mass is 840 g/mol. The van der Waals surface area contributed by atoms with E-state index in [1.165, 1.54) is 12.7 Å². The van der Waals surface area contributed by atoms with E-state index in [0.29, 0.717) is 18.9 Å². The van der Waals surface area contributed by atoms with Crippen molar-refractivity contribution in [3.8, 4) is 0 Å². The minimum Gasteiger partial charge on any atom is -0.458 e. The summed E-state index contributed by atoms with van der Waals surface area (Å²) in [6, 6.07) is 0. The normalized spacial score (nSPS) is 52.5. The molecule has 17 heteroatoms. The molecule has 4 aliphatic heterocycles. The van der Waals surface area contributed by atoms with E-state index < -0.39 is 105 Å². The van der Waals surface area contributed by atoms with Crippen molar-refractivity contribution < 1.29 is 83.5 Å². The molecule has 4 aliphatic carbocycles. The van der Waals surface area contributed by atoms with Crippen LogP contribution in [-0.4, -0.2) is 171 Å². The third-order valence-electron chi connectivity index (χ3n) is 15.9. The third kappa shape index (κ3) is 7.56. The highest BCUT2D eigenvalue weighted by atomic mass is 16.8. The molecular weight excluding hydrogens is 776 g/mol. The van der Waals surface area contributed by atoms with Crippen LogP contribution in [0.25, 0.3) is 0 Å². The van der Waals surface area contributed by atoms with Gasteiger partial charge in [-0.15, -0.1) is 0 Å². The number of allylic oxidation sites excluding steroid dienone is 1. The molecular formula is C42H64O17. The molecule has 0 aromatic heterocycles. The highest BCUT2D eigenvalue weighted by molar-refractivity contribution is 5.85. The molecule has 3 saturated heterocycles. The first-order chi connectivity index (χ1) is 28.0. The lowest BCUT2D eigenvalue weighted by Gasteiger charge is -2.61. The minimum atomic E-state index is -1.71. The minimum absolute atomic E-state index is 0.0605. The lowest BCUT2D eigenvalue weighted by molar-refractivity contribution is -0.354. The summed E-state index contributed by atoms with van der Waals surface area (Å²) in [5, 5.41) is 85.0. The Morgan fingerprint density at radius 2 is 1.54 bits per heavy atom. The Morgan fingerprint density at radius 3 is 2.24 bits per heavy atom. The molecule has 21 unspecified atom stereocenters. The average molecular weight is 841 g/mol. The molecule has 8 rings (SSSR count). The number of cyclic esters (lactones) is 1. The van der Waals surface area contributed by atoms with Gasteiger partial charge >= 0.3 is 5.97 Å². The third-order valence-corrected chi connectivity index (χ3v) is 15.9. The molecule has 3 saturated carbocycles. The Labute approximate surface area is 344 Å². The van der Waals surface area contributed by atoms with E-state index in [4.69, 9.17) is 37.9 Å². The Balaban J connectivity index is 0.872. The number of hydrogen-bond donors (Lipinski definition) is 8. The summed E-state index contributed by atoms with van der Waals surface area (Å²) >= 11 is 0. The van der Waals surface area contributed by atoms with Crippen LogP contribution in [0.3, 0.4) is 0 Å². The topological polar surface area (TPSA) is 253 Å². The van der Waals surface area contributed by atoms with Crippen molar-refractivity contribution in [2.24, 2.45) is 28.6 Å². The first-order valence-electron chi connectivity index (χ1n) is 21.4. The molecule has 334 valence electrons.